The van der Waals surface area contributed by atoms with Gasteiger partial charge in [0.15, 0.2) is 0 Å². The van der Waals surface area contributed by atoms with Crippen molar-refractivity contribution in [2.45, 2.75) is 11.8 Å². The van der Waals surface area contributed by atoms with E-state index < -0.39 is 10.0 Å². The molecule has 7 heteroatoms. The van der Waals surface area contributed by atoms with Crippen molar-refractivity contribution in [3.05, 3.63) is 54.1 Å². The van der Waals surface area contributed by atoms with Crippen molar-refractivity contribution in [1.82, 2.24) is 4.72 Å². The van der Waals surface area contributed by atoms with Crippen LogP contribution in [-0.2, 0) is 10.0 Å². The highest BCUT2D eigenvalue weighted by Gasteiger charge is 2.26. The molecule has 0 bridgehead atoms. The fourth-order valence-corrected chi connectivity index (χ4v) is 3.55. The second kappa shape index (κ2) is 6.52. The topological polar surface area (TPSA) is 71.0 Å². The summed E-state index contributed by atoms with van der Waals surface area (Å²) < 4.78 is 33.1. The Bertz CT molecular complexity index is 861. The van der Waals surface area contributed by atoms with Crippen LogP contribution in [0, 0.1) is 6.92 Å². The molecule has 1 aliphatic heterocycles. The number of para-hydroxylation sites is 2. The number of hydrogen-bond donors (Lipinski definition) is 1. The van der Waals surface area contributed by atoms with Crippen LogP contribution < -0.4 is 14.4 Å². The zero-order valence-electron chi connectivity index (χ0n) is 13.6. The van der Waals surface area contributed by atoms with Gasteiger partial charge in [-0.2, -0.15) is 0 Å². The number of ether oxygens (including phenoxy) is 1. The number of nitrogens with one attached hydrogen (secondary N) is 1. The van der Waals surface area contributed by atoms with Crippen LogP contribution in [0.1, 0.15) is 5.56 Å². The molecule has 1 aliphatic rings. The minimum absolute atomic E-state index is 0.211. The molecule has 0 radical (unpaired) electrons. The van der Waals surface area contributed by atoms with Gasteiger partial charge in [-0.1, -0.05) is 29.8 Å². The van der Waals surface area contributed by atoms with Crippen molar-refractivity contribution in [1.29, 1.82) is 0 Å². The van der Waals surface area contributed by atoms with Crippen molar-refractivity contribution in [2.75, 3.05) is 25.1 Å². The lowest BCUT2D eigenvalue weighted by Gasteiger charge is -2.23. The maximum absolute atomic E-state index is 12.6. The second-order valence-electron chi connectivity index (χ2n) is 5.45. The van der Waals surface area contributed by atoms with Crippen molar-refractivity contribution < 1.29 is 13.2 Å². The van der Waals surface area contributed by atoms with Gasteiger partial charge in [-0.25, -0.2) is 13.1 Å². The molecule has 1 heterocycles. The van der Waals surface area contributed by atoms with E-state index in [1.807, 2.05) is 36.1 Å². The van der Waals surface area contributed by atoms with Gasteiger partial charge in [0.1, 0.15) is 5.75 Å². The Labute approximate surface area is 141 Å². The largest absolute Gasteiger partial charge is 0.495 e. The Hall–Kier alpha value is -2.54. The van der Waals surface area contributed by atoms with E-state index in [0.717, 1.165) is 11.3 Å². The summed E-state index contributed by atoms with van der Waals surface area (Å²) in [6, 6.07) is 14.2. The number of rotatable bonds is 4. The number of aryl methyl sites for hydroxylation is 1. The minimum Gasteiger partial charge on any atom is -0.495 e. The Morgan fingerprint density at radius 3 is 2.54 bits per heavy atom. The summed E-state index contributed by atoms with van der Waals surface area (Å²) in [5.41, 5.74) is 1.78. The van der Waals surface area contributed by atoms with E-state index in [4.69, 9.17) is 4.74 Å². The molecular formula is C17H19N3O3S. The van der Waals surface area contributed by atoms with E-state index in [0.29, 0.717) is 24.8 Å². The van der Waals surface area contributed by atoms with E-state index in [-0.39, 0.29) is 4.90 Å². The van der Waals surface area contributed by atoms with Gasteiger partial charge >= 0.3 is 0 Å². The molecule has 24 heavy (non-hydrogen) atoms. The van der Waals surface area contributed by atoms with Crippen LogP contribution in [0.5, 0.6) is 5.75 Å². The molecule has 0 amide bonds. The quantitative estimate of drug-likeness (QED) is 0.922. The first kappa shape index (κ1) is 16.3. The summed E-state index contributed by atoms with van der Waals surface area (Å²) in [5, 5.41) is 0. The van der Waals surface area contributed by atoms with Gasteiger partial charge < -0.3 is 9.64 Å². The maximum atomic E-state index is 12.6. The van der Waals surface area contributed by atoms with Gasteiger partial charge in [0, 0.05) is 6.54 Å². The van der Waals surface area contributed by atoms with Crippen LogP contribution in [0.2, 0.25) is 0 Å². The number of guanidine groups is 1. The number of aliphatic imine (C=N–C) groups is 1. The maximum Gasteiger partial charge on any atom is 0.264 e. The monoisotopic (exact) mass is 345 g/mol. The molecule has 0 saturated carbocycles. The first-order valence-corrected chi connectivity index (χ1v) is 9.04. The van der Waals surface area contributed by atoms with Crippen LogP contribution in [0.3, 0.4) is 0 Å². The van der Waals surface area contributed by atoms with Crippen LogP contribution in [0.15, 0.2) is 58.4 Å². The molecule has 2 aromatic carbocycles. The third-order valence-electron chi connectivity index (χ3n) is 3.77. The predicted molar refractivity (Wildman–Crippen MR) is 94.1 cm³/mol. The lowest BCUT2D eigenvalue weighted by molar-refractivity contribution is 0.415. The highest BCUT2D eigenvalue weighted by Crippen LogP contribution is 2.29. The molecule has 0 aliphatic carbocycles. The van der Waals surface area contributed by atoms with Crippen LogP contribution >= 0.6 is 0 Å². The number of hydrogen-bond acceptors (Lipinski definition) is 5. The molecule has 0 unspecified atom stereocenters. The number of methoxy groups -OCH3 is 1. The molecule has 3 rings (SSSR count). The van der Waals surface area contributed by atoms with Gasteiger partial charge in [0.05, 0.1) is 24.2 Å². The molecule has 1 N–H and O–H groups in total. The minimum atomic E-state index is -3.68. The Morgan fingerprint density at radius 2 is 1.83 bits per heavy atom. The molecule has 0 fully saturated rings. The van der Waals surface area contributed by atoms with Gasteiger partial charge in [-0.05, 0) is 31.2 Å². The molecule has 0 spiro atoms. The Morgan fingerprint density at radius 1 is 1.12 bits per heavy atom. The van der Waals surface area contributed by atoms with Crippen molar-refractivity contribution in [3.8, 4) is 5.75 Å². The molecule has 0 aromatic heterocycles. The summed E-state index contributed by atoms with van der Waals surface area (Å²) in [7, 11) is -2.10. The molecule has 0 atom stereocenters. The number of anilines is 1. The molecule has 2 aromatic rings. The van der Waals surface area contributed by atoms with Crippen molar-refractivity contribution >= 4 is 21.7 Å². The molecule has 126 valence electrons. The average Bonchev–Trinajstić information content (AvgIpc) is 3.02. The summed E-state index contributed by atoms with van der Waals surface area (Å²) in [6.07, 6.45) is 0. The normalized spacial score (nSPS) is 14.4. The summed E-state index contributed by atoms with van der Waals surface area (Å²) >= 11 is 0. The highest BCUT2D eigenvalue weighted by atomic mass is 32.2. The second-order valence-corrected chi connectivity index (χ2v) is 7.13. The smallest absolute Gasteiger partial charge is 0.264 e. The standard InChI is InChI=1S/C17H19N3O3S/c1-13-7-9-14(10-8-13)24(21,22)19-17-18-11-12-20(17)15-5-3-4-6-16(15)23-2/h3-10H,11-12H2,1-2H3,(H,18,19). The van der Waals surface area contributed by atoms with Crippen LogP contribution in [0.25, 0.3) is 0 Å². The van der Waals surface area contributed by atoms with E-state index in [1.165, 1.54) is 0 Å². The number of nitrogens with zero attached hydrogens (tertiary/aromatic N) is 2. The third kappa shape index (κ3) is 3.21. The SMILES string of the molecule is COc1ccccc1N1CCN=C1NS(=O)(=O)c1ccc(C)cc1. The number of benzene rings is 2. The van der Waals surface area contributed by atoms with E-state index in [1.54, 1.807) is 31.4 Å². The summed E-state index contributed by atoms with van der Waals surface area (Å²) in [4.78, 5) is 6.31. The molecule has 6 nitrogen and oxygen atoms in total. The molecular weight excluding hydrogens is 326 g/mol. The van der Waals surface area contributed by atoms with Gasteiger partial charge in [-0.15, -0.1) is 0 Å². The fourth-order valence-electron chi connectivity index (χ4n) is 2.52. The van der Waals surface area contributed by atoms with Crippen molar-refractivity contribution in [2.24, 2.45) is 4.99 Å². The highest BCUT2D eigenvalue weighted by molar-refractivity contribution is 7.90. The fraction of sp³-hybridized carbons (Fsp3) is 0.235. The van der Waals surface area contributed by atoms with Gasteiger partial charge in [0.25, 0.3) is 10.0 Å². The average molecular weight is 345 g/mol. The summed E-state index contributed by atoms with van der Waals surface area (Å²) in [6.45, 7) is 3.02. The Balaban J connectivity index is 1.87. The lowest BCUT2D eigenvalue weighted by atomic mass is 10.2. The van der Waals surface area contributed by atoms with Gasteiger partial charge in [-0.3, -0.25) is 4.99 Å². The predicted octanol–water partition coefficient (Wildman–Crippen LogP) is 2.16. The van der Waals surface area contributed by atoms with E-state index in [2.05, 4.69) is 9.71 Å². The van der Waals surface area contributed by atoms with E-state index >= 15 is 0 Å². The third-order valence-corrected chi connectivity index (χ3v) is 5.12. The first-order chi connectivity index (χ1) is 11.5. The lowest BCUT2D eigenvalue weighted by Crippen LogP contribution is -2.41. The van der Waals surface area contributed by atoms with E-state index in [9.17, 15) is 8.42 Å². The zero-order valence-corrected chi connectivity index (χ0v) is 14.4. The number of sulfonamides is 1. The van der Waals surface area contributed by atoms with Crippen molar-refractivity contribution in [3.63, 3.8) is 0 Å². The summed E-state index contributed by atoms with van der Waals surface area (Å²) in [5.74, 6) is 0.974. The Kier molecular flexibility index (Phi) is 4.44. The first-order valence-electron chi connectivity index (χ1n) is 7.56. The van der Waals surface area contributed by atoms with Gasteiger partial charge in [0.2, 0.25) is 5.96 Å². The van der Waals surface area contributed by atoms with Crippen LogP contribution in [-0.4, -0.2) is 34.6 Å². The van der Waals surface area contributed by atoms with Crippen LogP contribution in [0.4, 0.5) is 5.69 Å². The zero-order chi connectivity index (χ0) is 17.2. The molecule has 0 saturated heterocycles.